The summed E-state index contributed by atoms with van der Waals surface area (Å²) >= 11 is 6.70. The number of amides is 1. The van der Waals surface area contributed by atoms with Gasteiger partial charge in [-0.25, -0.2) is 11.4 Å². The molecule has 4 aromatic rings. The lowest BCUT2D eigenvalue weighted by Crippen LogP contribution is -2.57. The van der Waals surface area contributed by atoms with Crippen molar-refractivity contribution in [2.75, 3.05) is 51.3 Å². The Hall–Kier alpha value is -4.43. The van der Waals surface area contributed by atoms with Crippen molar-refractivity contribution in [3.05, 3.63) is 106 Å². The Bertz CT molecular complexity index is 1810. The minimum Gasteiger partial charge on any atom is -0.462 e. The number of hydrogen-bond donors (Lipinski definition) is 0. The number of halogens is 1. The van der Waals surface area contributed by atoms with Gasteiger partial charge in [0.15, 0.2) is 0 Å². The first-order valence-corrected chi connectivity index (χ1v) is 16.9. The Labute approximate surface area is 286 Å². The second kappa shape index (κ2) is 14.4. The molecule has 48 heavy (non-hydrogen) atoms. The number of likely N-dealkylation sites (tertiary alicyclic amines) is 1. The third-order valence-electron chi connectivity index (χ3n) is 9.69. The molecule has 10 nitrogen and oxygen atoms in total. The van der Waals surface area contributed by atoms with Gasteiger partial charge in [-0.15, -0.1) is 0 Å². The molecule has 248 valence electrons. The zero-order chi connectivity index (χ0) is 33.0. The van der Waals surface area contributed by atoms with Crippen LogP contribution in [-0.4, -0.2) is 84.3 Å². The molecule has 11 heteroatoms. The first-order valence-electron chi connectivity index (χ1n) is 16.6. The largest absolute Gasteiger partial charge is 0.462 e. The third kappa shape index (κ3) is 6.76. The van der Waals surface area contributed by atoms with Gasteiger partial charge in [0.2, 0.25) is 6.54 Å². The molecule has 0 saturated carbocycles. The van der Waals surface area contributed by atoms with E-state index in [2.05, 4.69) is 39.9 Å². The molecule has 3 aliphatic rings. The van der Waals surface area contributed by atoms with Crippen molar-refractivity contribution < 1.29 is 19.0 Å². The SMILES string of the molecule is [C-]#[N+]C[C@H]1CN(c2nc(OC[C@H]3CCCN3C)nc3c2COC(c2cccc4cccc(Cl)c24)C3)CCN1C(=O)OCc1ccccc1. The summed E-state index contributed by atoms with van der Waals surface area (Å²) in [6.45, 7) is 11.2. The van der Waals surface area contributed by atoms with Gasteiger partial charge in [-0.2, -0.15) is 9.97 Å². The van der Waals surface area contributed by atoms with Crippen LogP contribution in [-0.2, 0) is 29.1 Å². The number of piperazine rings is 1. The summed E-state index contributed by atoms with van der Waals surface area (Å²) in [5, 5.41) is 2.74. The Morgan fingerprint density at radius 1 is 1.04 bits per heavy atom. The second-order valence-electron chi connectivity index (χ2n) is 12.7. The van der Waals surface area contributed by atoms with E-state index in [0.29, 0.717) is 56.3 Å². The number of nitrogens with zero attached hydrogens (tertiary/aromatic N) is 6. The number of carbonyl (C=O) groups excluding carboxylic acids is 1. The molecule has 1 unspecified atom stereocenters. The number of anilines is 1. The maximum Gasteiger partial charge on any atom is 0.410 e. The van der Waals surface area contributed by atoms with Crippen molar-refractivity contribution in [2.24, 2.45) is 0 Å². The molecule has 0 bridgehead atoms. The Morgan fingerprint density at radius 3 is 2.67 bits per heavy atom. The number of hydrogen-bond acceptors (Lipinski definition) is 8. The van der Waals surface area contributed by atoms with E-state index in [1.807, 2.05) is 48.5 Å². The second-order valence-corrected chi connectivity index (χ2v) is 13.1. The maximum atomic E-state index is 13.2. The molecule has 4 heterocycles. The fourth-order valence-corrected chi connectivity index (χ4v) is 7.35. The summed E-state index contributed by atoms with van der Waals surface area (Å²) in [5.41, 5.74) is 3.73. The molecule has 0 N–H and O–H groups in total. The van der Waals surface area contributed by atoms with E-state index in [-0.39, 0.29) is 25.3 Å². The van der Waals surface area contributed by atoms with Crippen LogP contribution < -0.4 is 9.64 Å². The van der Waals surface area contributed by atoms with E-state index < -0.39 is 6.09 Å². The molecule has 2 saturated heterocycles. The summed E-state index contributed by atoms with van der Waals surface area (Å²) in [7, 11) is 2.12. The highest BCUT2D eigenvalue weighted by Gasteiger charge is 2.37. The Balaban J connectivity index is 1.16. The fourth-order valence-electron chi connectivity index (χ4n) is 7.06. The quantitative estimate of drug-likeness (QED) is 0.202. The Kier molecular flexibility index (Phi) is 9.61. The van der Waals surface area contributed by atoms with E-state index in [4.69, 9.17) is 42.4 Å². The van der Waals surface area contributed by atoms with E-state index >= 15 is 0 Å². The number of fused-ring (bicyclic) bond motifs is 2. The van der Waals surface area contributed by atoms with E-state index in [0.717, 1.165) is 58.4 Å². The summed E-state index contributed by atoms with van der Waals surface area (Å²) in [6, 6.07) is 22.0. The lowest BCUT2D eigenvalue weighted by atomic mass is 9.94. The van der Waals surface area contributed by atoms with Gasteiger partial charge >= 0.3 is 12.1 Å². The lowest BCUT2D eigenvalue weighted by Gasteiger charge is -2.40. The van der Waals surface area contributed by atoms with Crippen LogP contribution in [0.1, 0.15) is 41.3 Å². The summed E-state index contributed by atoms with van der Waals surface area (Å²) in [5.74, 6) is 0.733. The van der Waals surface area contributed by atoms with Crippen molar-refractivity contribution in [2.45, 2.75) is 50.7 Å². The highest BCUT2D eigenvalue weighted by molar-refractivity contribution is 6.35. The summed E-state index contributed by atoms with van der Waals surface area (Å²) in [6.07, 6.45) is 2.09. The van der Waals surface area contributed by atoms with Crippen LogP contribution in [0.25, 0.3) is 15.6 Å². The first kappa shape index (κ1) is 32.1. The molecule has 2 fully saturated rings. The molecule has 0 radical (unpaired) electrons. The molecule has 1 amide bonds. The van der Waals surface area contributed by atoms with Crippen LogP contribution in [0.2, 0.25) is 5.02 Å². The molecule has 0 spiro atoms. The van der Waals surface area contributed by atoms with Crippen LogP contribution in [0, 0.1) is 6.57 Å². The smallest absolute Gasteiger partial charge is 0.410 e. The standard InChI is InChI=1S/C37H39ClN6O4/c1-39-20-28-21-43(17-18-44(28)37(45)48-22-25-9-4-3-5-10-25)35-30-24-46-33(29-14-6-11-26-12-7-15-31(38)34(26)29)19-32(30)40-36(41-35)47-23-27-13-8-16-42(27)2/h3-7,9-12,14-15,27-28,33H,8,13,16-24H2,2H3/t27-,28+,33?/m1/s1. The van der Waals surface area contributed by atoms with Crippen LogP contribution >= 0.6 is 11.6 Å². The van der Waals surface area contributed by atoms with Gasteiger partial charge in [-0.1, -0.05) is 72.3 Å². The zero-order valence-corrected chi connectivity index (χ0v) is 27.8. The van der Waals surface area contributed by atoms with Crippen LogP contribution in [0.3, 0.4) is 0 Å². The predicted molar refractivity (Wildman–Crippen MR) is 184 cm³/mol. The number of carbonyl (C=O) groups is 1. The molecule has 3 aromatic carbocycles. The van der Waals surface area contributed by atoms with Crippen molar-refractivity contribution in [3.63, 3.8) is 0 Å². The van der Waals surface area contributed by atoms with Gasteiger partial charge in [0.25, 0.3) is 0 Å². The number of aromatic nitrogens is 2. The van der Waals surface area contributed by atoms with Crippen LogP contribution in [0.4, 0.5) is 10.6 Å². The molecular formula is C37H39ClN6O4. The van der Waals surface area contributed by atoms with Crippen molar-refractivity contribution in [1.82, 2.24) is 19.8 Å². The number of rotatable bonds is 8. The Morgan fingerprint density at radius 2 is 1.88 bits per heavy atom. The summed E-state index contributed by atoms with van der Waals surface area (Å²) in [4.78, 5) is 32.9. The van der Waals surface area contributed by atoms with Crippen LogP contribution in [0.5, 0.6) is 6.01 Å². The van der Waals surface area contributed by atoms with Gasteiger partial charge < -0.3 is 28.9 Å². The molecule has 7 rings (SSSR count). The highest BCUT2D eigenvalue weighted by atomic mass is 35.5. The maximum absolute atomic E-state index is 13.2. The summed E-state index contributed by atoms with van der Waals surface area (Å²) < 4.78 is 18.5. The number of likely N-dealkylation sites (N-methyl/N-ethyl adjacent to an activating group) is 1. The number of benzene rings is 3. The average Bonchev–Trinajstić information content (AvgIpc) is 3.53. The minimum atomic E-state index is -0.415. The normalized spacial score (nSPS) is 21.1. The third-order valence-corrected chi connectivity index (χ3v) is 10.0. The van der Waals surface area contributed by atoms with Gasteiger partial charge in [-0.05, 0) is 49.0 Å². The van der Waals surface area contributed by atoms with Gasteiger partial charge in [0.05, 0.1) is 18.4 Å². The van der Waals surface area contributed by atoms with E-state index in [1.54, 1.807) is 4.90 Å². The highest BCUT2D eigenvalue weighted by Crippen LogP contribution is 2.39. The predicted octanol–water partition coefficient (Wildman–Crippen LogP) is 6.32. The average molecular weight is 667 g/mol. The van der Waals surface area contributed by atoms with Gasteiger partial charge in [0.1, 0.15) is 25.1 Å². The minimum absolute atomic E-state index is 0.155. The van der Waals surface area contributed by atoms with Gasteiger partial charge in [0, 0.05) is 48.1 Å². The van der Waals surface area contributed by atoms with E-state index in [1.165, 1.54) is 0 Å². The molecular weight excluding hydrogens is 628 g/mol. The van der Waals surface area contributed by atoms with Crippen molar-refractivity contribution in [1.29, 1.82) is 0 Å². The molecule has 0 aliphatic carbocycles. The molecule has 3 atom stereocenters. The van der Waals surface area contributed by atoms with Crippen molar-refractivity contribution in [3.8, 4) is 6.01 Å². The van der Waals surface area contributed by atoms with Gasteiger partial charge in [-0.3, -0.25) is 4.90 Å². The number of ether oxygens (including phenoxy) is 3. The molecule has 1 aromatic heterocycles. The monoisotopic (exact) mass is 666 g/mol. The van der Waals surface area contributed by atoms with Crippen LogP contribution in [0.15, 0.2) is 66.7 Å². The van der Waals surface area contributed by atoms with E-state index in [9.17, 15) is 4.79 Å². The first-order chi connectivity index (χ1) is 23.5. The fraction of sp³-hybridized carbons (Fsp3) is 0.405. The molecule has 3 aliphatic heterocycles. The topological polar surface area (TPSA) is 84.6 Å². The lowest BCUT2D eigenvalue weighted by molar-refractivity contribution is 0.0263. The zero-order valence-electron chi connectivity index (χ0n) is 27.1. The van der Waals surface area contributed by atoms with Crippen molar-refractivity contribution >= 4 is 34.3 Å².